The van der Waals surface area contributed by atoms with Gasteiger partial charge in [-0.25, -0.2) is 13.2 Å². The summed E-state index contributed by atoms with van der Waals surface area (Å²) in [5, 5.41) is 18.6. The average Bonchev–Trinajstić information content (AvgIpc) is 2.45. The van der Waals surface area contributed by atoms with Gasteiger partial charge >= 0.3 is 0 Å². The molecule has 0 unspecified atom stereocenters. The van der Waals surface area contributed by atoms with E-state index in [1.807, 2.05) is 0 Å². The second-order valence-corrected chi connectivity index (χ2v) is 4.26. The Labute approximate surface area is 118 Å². The second-order valence-electron chi connectivity index (χ2n) is 4.26. The molecule has 1 atom stereocenters. The molecule has 0 aliphatic rings. The summed E-state index contributed by atoms with van der Waals surface area (Å²) < 4.78 is 46.3. The molecule has 0 amide bonds. The number of hydrogen-bond donors (Lipinski definition) is 1. The third kappa shape index (κ3) is 2.83. The fourth-order valence-electron chi connectivity index (χ4n) is 1.92. The van der Waals surface area contributed by atoms with Gasteiger partial charge in [0, 0.05) is 11.6 Å². The molecule has 2 aromatic rings. The largest absolute Gasteiger partial charge is 0.497 e. The molecule has 0 fully saturated rings. The Kier molecular flexibility index (Phi) is 4.15. The van der Waals surface area contributed by atoms with Crippen molar-refractivity contribution in [3.05, 3.63) is 64.5 Å². The molecule has 0 aliphatic carbocycles. The van der Waals surface area contributed by atoms with E-state index < -0.39 is 29.1 Å². The lowest BCUT2D eigenvalue weighted by Gasteiger charge is -2.15. The Hall–Kier alpha value is -2.52. The Bertz CT molecular complexity index is 702. The highest BCUT2D eigenvalue weighted by atomic mass is 19.1. The van der Waals surface area contributed by atoms with Crippen LogP contribution in [-0.2, 0) is 0 Å². The van der Waals surface area contributed by atoms with Crippen LogP contribution in [0.1, 0.15) is 22.8 Å². The van der Waals surface area contributed by atoms with Gasteiger partial charge in [-0.1, -0.05) is 0 Å². The number of methoxy groups -OCH3 is 1. The summed E-state index contributed by atoms with van der Waals surface area (Å²) in [7, 11) is 1.34. The standard InChI is InChI=1S/C15H10F3NO2/c1-21-9-2-3-10(11(16)6-9)15(20)14-12(17)4-8(7-19)5-13(14)18/h2-6,15,20H,1H3/t15-/m0/s1. The minimum atomic E-state index is -1.83. The number of aliphatic hydroxyl groups is 1. The van der Waals surface area contributed by atoms with Gasteiger partial charge < -0.3 is 9.84 Å². The van der Waals surface area contributed by atoms with Gasteiger partial charge in [-0.2, -0.15) is 5.26 Å². The predicted octanol–water partition coefficient (Wildman–Crippen LogP) is 3.07. The van der Waals surface area contributed by atoms with E-state index in [1.165, 1.54) is 19.2 Å². The Morgan fingerprint density at radius 3 is 2.19 bits per heavy atom. The van der Waals surface area contributed by atoms with Crippen LogP contribution in [0.25, 0.3) is 0 Å². The summed E-state index contributed by atoms with van der Waals surface area (Å²) in [5.41, 5.74) is -1.23. The molecular formula is C15H10F3NO2. The van der Waals surface area contributed by atoms with Crippen LogP contribution in [0.4, 0.5) is 13.2 Å². The molecule has 3 nitrogen and oxygen atoms in total. The third-order valence-electron chi connectivity index (χ3n) is 2.98. The smallest absolute Gasteiger partial charge is 0.133 e. The molecule has 108 valence electrons. The molecule has 0 radical (unpaired) electrons. The van der Waals surface area contributed by atoms with Crippen molar-refractivity contribution in [2.24, 2.45) is 0 Å². The van der Waals surface area contributed by atoms with Gasteiger partial charge in [0.2, 0.25) is 0 Å². The summed E-state index contributed by atoms with van der Waals surface area (Å²) in [6.45, 7) is 0. The molecule has 0 spiro atoms. The minimum absolute atomic E-state index is 0.212. The first-order chi connectivity index (χ1) is 9.97. The number of halogens is 3. The maximum absolute atomic E-state index is 13.8. The molecule has 0 saturated carbocycles. The molecule has 2 aromatic carbocycles. The molecule has 2 rings (SSSR count). The molecule has 1 N–H and O–H groups in total. The van der Waals surface area contributed by atoms with Crippen molar-refractivity contribution < 1.29 is 23.0 Å². The topological polar surface area (TPSA) is 53.2 Å². The monoisotopic (exact) mass is 293 g/mol. The summed E-state index contributed by atoms with van der Waals surface area (Å²) in [5.74, 6) is -2.88. The van der Waals surface area contributed by atoms with Crippen molar-refractivity contribution in [3.8, 4) is 11.8 Å². The van der Waals surface area contributed by atoms with Gasteiger partial charge in [-0.05, 0) is 24.3 Å². The summed E-state index contributed by atoms with van der Waals surface area (Å²) >= 11 is 0. The van der Waals surface area contributed by atoms with Gasteiger partial charge in [0.1, 0.15) is 29.3 Å². The van der Waals surface area contributed by atoms with Gasteiger partial charge in [-0.15, -0.1) is 0 Å². The number of benzene rings is 2. The van der Waals surface area contributed by atoms with Crippen molar-refractivity contribution in [2.75, 3.05) is 7.11 Å². The van der Waals surface area contributed by atoms with Gasteiger partial charge in [0.15, 0.2) is 0 Å². The molecule has 0 aliphatic heterocycles. The van der Waals surface area contributed by atoms with Crippen molar-refractivity contribution in [2.45, 2.75) is 6.10 Å². The molecule has 0 saturated heterocycles. The predicted molar refractivity (Wildman–Crippen MR) is 68.1 cm³/mol. The highest BCUT2D eigenvalue weighted by molar-refractivity contribution is 5.40. The lowest BCUT2D eigenvalue weighted by atomic mass is 9.98. The van der Waals surface area contributed by atoms with E-state index in [0.717, 1.165) is 18.2 Å². The molecule has 6 heteroatoms. The molecule has 0 aromatic heterocycles. The number of rotatable bonds is 3. The lowest BCUT2D eigenvalue weighted by Crippen LogP contribution is -2.08. The maximum atomic E-state index is 13.8. The van der Waals surface area contributed by atoms with E-state index in [4.69, 9.17) is 10.00 Å². The van der Waals surface area contributed by atoms with Crippen LogP contribution >= 0.6 is 0 Å². The van der Waals surface area contributed by atoms with E-state index in [1.54, 1.807) is 6.07 Å². The van der Waals surface area contributed by atoms with Crippen molar-refractivity contribution in [1.29, 1.82) is 5.26 Å². The fraction of sp³-hybridized carbons (Fsp3) is 0.133. The average molecular weight is 293 g/mol. The zero-order chi connectivity index (χ0) is 15.6. The third-order valence-corrected chi connectivity index (χ3v) is 2.98. The number of hydrogen-bond acceptors (Lipinski definition) is 3. The number of aliphatic hydroxyl groups excluding tert-OH is 1. The van der Waals surface area contributed by atoms with E-state index in [9.17, 15) is 18.3 Å². The first-order valence-corrected chi connectivity index (χ1v) is 5.88. The van der Waals surface area contributed by atoms with Crippen molar-refractivity contribution in [3.63, 3.8) is 0 Å². The van der Waals surface area contributed by atoms with Crippen LogP contribution in [0.15, 0.2) is 30.3 Å². The summed E-state index contributed by atoms with van der Waals surface area (Å²) in [6.07, 6.45) is -1.83. The highest BCUT2D eigenvalue weighted by Crippen LogP contribution is 2.30. The van der Waals surface area contributed by atoms with Crippen molar-refractivity contribution in [1.82, 2.24) is 0 Å². The molecular weight excluding hydrogens is 283 g/mol. The molecule has 0 heterocycles. The van der Waals surface area contributed by atoms with Crippen LogP contribution < -0.4 is 4.74 Å². The zero-order valence-corrected chi connectivity index (χ0v) is 10.9. The first kappa shape index (κ1) is 14.9. The van der Waals surface area contributed by atoms with E-state index >= 15 is 0 Å². The van der Waals surface area contributed by atoms with Crippen LogP contribution in [0.2, 0.25) is 0 Å². The van der Waals surface area contributed by atoms with Crippen LogP contribution in [0, 0.1) is 28.8 Å². The Morgan fingerprint density at radius 1 is 1.10 bits per heavy atom. The fourth-order valence-corrected chi connectivity index (χ4v) is 1.92. The van der Waals surface area contributed by atoms with E-state index in [0.29, 0.717) is 0 Å². The second kappa shape index (κ2) is 5.85. The van der Waals surface area contributed by atoms with Crippen LogP contribution in [-0.4, -0.2) is 12.2 Å². The van der Waals surface area contributed by atoms with Crippen LogP contribution in [0.5, 0.6) is 5.75 Å². The first-order valence-electron chi connectivity index (χ1n) is 5.88. The molecule has 21 heavy (non-hydrogen) atoms. The minimum Gasteiger partial charge on any atom is -0.497 e. The number of ether oxygens (including phenoxy) is 1. The highest BCUT2D eigenvalue weighted by Gasteiger charge is 2.23. The zero-order valence-electron chi connectivity index (χ0n) is 10.9. The Morgan fingerprint density at radius 2 is 1.71 bits per heavy atom. The number of nitrogens with zero attached hydrogens (tertiary/aromatic N) is 1. The lowest BCUT2D eigenvalue weighted by molar-refractivity contribution is 0.204. The van der Waals surface area contributed by atoms with Crippen LogP contribution in [0.3, 0.4) is 0 Å². The quantitative estimate of drug-likeness (QED) is 0.946. The van der Waals surface area contributed by atoms with Gasteiger partial charge in [0.05, 0.1) is 24.3 Å². The van der Waals surface area contributed by atoms with Gasteiger partial charge in [-0.3, -0.25) is 0 Å². The maximum Gasteiger partial charge on any atom is 0.133 e. The van der Waals surface area contributed by atoms with E-state index in [2.05, 4.69) is 0 Å². The normalized spacial score (nSPS) is 11.8. The molecule has 0 bridgehead atoms. The van der Waals surface area contributed by atoms with E-state index in [-0.39, 0.29) is 16.9 Å². The van der Waals surface area contributed by atoms with Gasteiger partial charge in [0.25, 0.3) is 0 Å². The summed E-state index contributed by atoms with van der Waals surface area (Å²) in [6, 6.07) is 6.69. The number of nitriles is 1. The van der Waals surface area contributed by atoms with Crippen molar-refractivity contribution >= 4 is 0 Å². The summed E-state index contributed by atoms with van der Waals surface area (Å²) in [4.78, 5) is 0. The Balaban J connectivity index is 2.50. The SMILES string of the molecule is COc1ccc([C@H](O)c2c(F)cc(C#N)cc2F)c(F)c1.